The second-order valence-corrected chi connectivity index (χ2v) is 5.39. The molecule has 0 saturated heterocycles. The Kier molecular flexibility index (Phi) is 3.71. The highest BCUT2D eigenvalue weighted by molar-refractivity contribution is 7.99. The number of thioether (sulfide) groups is 1. The third-order valence-corrected chi connectivity index (χ3v) is 4.18. The Balaban J connectivity index is 2.12. The number of nitrogen functional groups attached to an aromatic ring is 1. The fourth-order valence-electron chi connectivity index (χ4n) is 1.90. The average Bonchev–Trinajstić information content (AvgIpc) is 2.63. The summed E-state index contributed by atoms with van der Waals surface area (Å²) < 4.78 is 37.8. The summed E-state index contributed by atoms with van der Waals surface area (Å²) in [7, 11) is 0. The van der Waals surface area contributed by atoms with E-state index in [0.29, 0.717) is 11.1 Å². The highest BCUT2D eigenvalue weighted by Crippen LogP contribution is 2.34. The van der Waals surface area contributed by atoms with Crippen molar-refractivity contribution in [2.24, 2.45) is 0 Å². The standard InChI is InChI=1S/C9H13F3N4OS/c10-9(11,12)7-14-15-8(16(7)13)18-6-4-2-1-3-5(6)17/h5-6,17H,1-4,13H2. The molecule has 1 saturated carbocycles. The Labute approximate surface area is 106 Å². The fraction of sp³-hybridized carbons (Fsp3) is 0.778. The molecular weight excluding hydrogens is 269 g/mol. The Morgan fingerprint density at radius 3 is 2.50 bits per heavy atom. The van der Waals surface area contributed by atoms with Gasteiger partial charge in [-0.05, 0) is 12.8 Å². The van der Waals surface area contributed by atoms with Gasteiger partial charge in [-0.2, -0.15) is 13.2 Å². The van der Waals surface area contributed by atoms with Gasteiger partial charge in [-0.25, -0.2) is 4.68 Å². The number of aromatic nitrogens is 3. The Morgan fingerprint density at radius 1 is 1.28 bits per heavy atom. The number of alkyl halides is 3. The van der Waals surface area contributed by atoms with Crippen LogP contribution >= 0.6 is 11.8 Å². The van der Waals surface area contributed by atoms with E-state index in [0.717, 1.165) is 31.0 Å². The van der Waals surface area contributed by atoms with Crippen molar-refractivity contribution in [2.45, 2.75) is 48.4 Å². The molecule has 9 heteroatoms. The summed E-state index contributed by atoms with van der Waals surface area (Å²) in [6, 6.07) is 0. The second kappa shape index (κ2) is 4.96. The van der Waals surface area contributed by atoms with Gasteiger partial charge in [-0.3, -0.25) is 0 Å². The fourth-order valence-corrected chi connectivity index (χ4v) is 3.04. The van der Waals surface area contributed by atoms with Crippen molar-refractivity contribution < 1.29 is 18.3 Å². The third-order valence-electron chi connectivity index (χ3n) is 2.84. The average molecular weight is 282 g/mol. The van der Waals surface area contributed by atoms with Crippen LogP contribution in [0.2, 0.25) is 0 Å². The number of aliphatic hydroxyl groups is 1. The smallest absolute Gasteiger partial charge is 0.392 e. The molecule has 2 unspecified atom stereocenters. The van der Waals surface area contributed by atoms with Gasteiger partial charge in [0.2, 0.25) is 5.16 Å². The van der Waals surface area contributed by atoms with Crippen molar-refractivity contribution in [3.05, 3.63) is 5.82 Å². The minimum Gasteiger partial charge on any atom is -0.392 e. The van der Waals surface area contributed by atoms with Crippen LogP contribution in [-0.4, -0.2) is 31.3 Å². The molecule has 0 bridgehead atoms. The summed E-state index contributed by atoms with van der Waals surface area (Å²) in [5, 5.41) is 16.0. The maximum atomic E-state index is 12.5. The van der Waals surface area contributed by atoms with E-state index < -0.39 is 18.1 Å². The van der Waals surface area contributed by atoms with Crippen LogP contribution in [-0.2, 0) is 6.18 Å². The molecule has 0 amide bonds. The van der Waals surface area contributed by atoms with Crippen LogP contribution in [0.3, 0.4) is 0 Å². The van der Waals surface area contributed by atoms with Crippen molar-refractivity contribution in [1.29, 1.82) is 0 Å². The summed E-state index contributed by atoms with van der Waals surface area (Å²) in [4.78, 5) is 0. The SMILES string of the molecule is Nn1c(SC2CCCCC2O)nnc1C(F)(F)F. The lowest BCUT2D eigenvalue weighted by Gasteiger charge is -2.26. The Morgan fingerprint density at radius 2 is 1.94 bits per heavy atom. The normalized spacial score (nSPS) is 25.3. The summed E-state index contributed by atoms with van der Waals surface area (Å²) in [6.45, 7) is 0. The zero-order valence-electron chi connectivity index (χ0n) is 9.39. The zero-order valence-corrected chi connectivity index (χ0v) is 10.2. The molecule has 0 spiro atoms. The van der Waals surface area contributed by atoms with Gasteiger partial charge in [0.15, 0.2) is 0 Å². The van der Waals surface area contributed by atoms with E-state index in [1.807, 2.05) is 0 Å². The van der Waals surface area contributed by atoms with Gasteiger partial charge in [0.25, 0.3) is 5.82 Å². The predicted molar refractivity (Wildman–Crippen MR) is 59.3 cm³/mol. The van der Waals surface area contributed by atoms with Gasteiger partial charge >= 0.3 is 6.18 Å². The molecule has 1 aliphatic carbocycles. The molecule has 0 aromatic carbocycles. The number of hydrogen-bond donors (Lipinski definition) is 2. The van der Waals surface area contributed by atoms with Gasteiger partial charge in [-0.1, -0.05) is 24.6 Å². The first-order valence-electron chi connectivity index (χ1n) is 5.52. The topological polar surface area (TPSA) is 77.0 Å². The van der Waals surface area contributed by atoms with Crippen molar-refractivity contribution in [1.82, 2.24) is 14.9 Å². The van der Waals surface area contributed by atoms with Crippen molar-refractivity contribution >= 4 is 11.8 Å². The van der Waals surface area contributed by atoms with E-state index in [4.69, 9.17) is 5.84 Å². The third kappa shape index (κ3) is 2.72. The van der Waals surface area contributed by atoms with E-state index in [9.17, 15) is 18.3 Å². The molecule has 2 rings (SSSR count). The van der Waals surface area contributed by atoms with Crippen LogP contribution in [0.4, 0.5) is 13.2 Å². The quantitative estimate of drug-likeness (QED) is 0.802. The highest BCUT2D eigenvalue weighted by Gasteiger charge is 2.39. The van der Waals surface area contributed by atoms with E-state index in [2.05, 4.69) is 10.2 Å². The zero-order chi connectivity index (χ0) is 13.3. The van der Waals surface area contributed by atoms with E-state index in [1.54, 1.807) is 0 Å². The van der Waals surface area contributed by atoms with Crippen molar-refractivity contribution in [2.75, 3.05) is 5.84 Å². The minimum atomic E-state index is -4.62. The van der Waals surface area contributed by atoms with Crippen LogP contribution in [0.25, 0.3) is 0 Å². The largest absolute Gasteiger partial charge is 0.453 e. The van der Waals surface area contributed by atoms with Gasteiger partial charge in [-0.15, -0.1) is 10.2 Å². The molecule has 1 aromatic rings. The first-order chi connectivity index (χ1) is 8.39. The number of hydrogen-bond acceptors (Lipinski definition) is 5. The summed E-state index contributed by atoms with van der Waals surface area (Å²) in [5.74, 6) is 4.09. The van der Waals surface area contributed by atoms with E-state index in [1.165, 1.54) is 0 Å². The lowest BCUT2D eigenvalue weighted by Crippen LogP contribution is -2.28. The van der Waals surface area contributed by atoms with Gasteiger partial charge in [0.1, 0.15) is 0 Å². The van der Waals surface area contributed by atoms with Gasteiger partial charge in [0.05, 0.1) is 6.10 Å². The molecule has 3 N–H and O–H groups in total. The van der Waals surface area contributed by atoms with E-state index >= 15 is 0 Å². The van der Waals surface area contributed by atoms with Gasteiger partial charge in [0, 0.05) is 5.25 Å². The number of nitrogens with zero attached hydrogens (tertiary/aromatic N) is 3. The maximum Gasteiger partial charge on any atom is 0.453 e. The highest BCUT2D eigenvalue weighted by atomic mass is 32.2. The van der Waals surface area contributed by atoms with Crippen LogP contribution < -0.4 is 5.84 Å². The van der Waals surface area contributed by atoms with Crippen LogP contribution in [0.15, 0.2) is 5.16 Å². The number of aliphatic hydroxyl groups excluding tert-OH is 1. The minimum absolute atomic E-state index is 0.0201. The van der Waals surface area contributed by atoms with E-state index in [-0.39, 0.29) is 10.4 Å². The number of rotatable bonds is 2. The Hall–Kier alpha value is -0.960. The molecule has 1 fully saturated rings. The second-order valence-electron chi connectivity index (χ2n) is 4.18. The number of nitrogens with two attached hydrogens (primary N) is 1. The summed E-state index contributed by atoms with van der Waals surface area (Å²) >= 11 is 1.05. The molecule has 18 heavy (non-hydrogen) atoms. The lowest BCUT2D eigenvalue weighted by molar-refractivity contribution is -0.146. The van der Waals surface area contributed by atoms with Crippen LogP contribution in [0.5, 0.6) is 0 Å². The summed E-state index contributed by atoms with van der Waals surface area (Å²) in [6.07, 6.45) is -1.88. The molecular formula is C9H13F3N4OS. The van der Waals surface area contributed by atoms with Crippen LogP contribution in [0.1, 0.15) is 31.5 Å². The van der Waals surface area contributed by atoms with Crippen LogP contribution in [0, 0.1) is 0 Å². The molecule has 1 aromatic heterocycles. The molecule has 1 aliphatic rings. The number of halogens is 3. The van der Waals surface area contributed by atoms with Gasteiger partial charge < -0.3 is 10.9 Å². The first-order valence-corrected chi connectivity index (χ1v) is 6.40. The predicted octanol–water partition coefficient (Wildman–Crippen LogP) is 1.41. The van der Waals surface area contributed by atoms with Crippen molar-refractivity contribution in [3.8, 4) is 0 Å². The molecule has 0 aliphatic heterocycles. The van der Waals surface area contributed by atoms with Crippen molar-refractivity contribution in [3.63, 3.8) is 0 Å². The lowest BCUT2D eigenvalue weighted by atomic mass is 9.97. The molecule has 102 valence electrons. The molecule has 0 radical (unpaired) electrons. The first kappa shape index (κ1) is 13.5. The monoisotopic (exact) mass is 282 g/mol. The molecule has 5 nitrogen and oxygen atoms in total. The Bertz CT molecular complexity index is 422. The maximum absolute atomic E-state index is 12.5. The summed E-state index contributed by atoms with van der Waals surface area (Å²) in [5.41, 5.74) is 0. The molecule has 1 heterocycles. The molecule has 2 atom stereocenters.